The highest BCUT2D eigenvalue weighted by Gasteiger charge is 2.29. The summed E-state index contributed by atoms with van der Waals surface area (Å²) >= 11 is 2.15. The molecule has 1 aliphatic heterocycles. The molecule has 90 valence electrons. The first-order chi connectivity index (χ1) is 7.20. The zero-order valence-electron chi connectivity index (χ0n) is 10.6. The SMILES string of the molecule is CCCCC(C)(CCCC)SCC1CO1. The van der Waals surface area contributed by atoms with Gasteiger partial charge in [-0.05, 0) is 12.8 Å². The van der Waals surface area contributed by atoms with E-state index in [1.807, 2.05) is 0 Å². The van der Waals surface area contributed by atoms with Crippen molar-refractivity contribution in [1.82, 2.24) is 0 Å². The van der Waals surface area contributed by atoms with Crippen LogP contribution in [0.3, 0.4) is 0 Å². The summed E-state index contributed by atoms with van der Waals surface area (Å²) in [5.74, 6) is 1.21. The van der Waals surface area contributed by atoms with Gasteiger partial charge in [0, 0.05) is 10.5 Å². The van der Waals surface area contributed by atoms with Crippen LogP contribution in [-0.2, 0) is 4.74 Å². The van der Waals surface area contributed by atoms with E-state index in [-0.39, 0.29) is 0 Å². The normalized spacial score (nSPS) is 20.6. The first kappa shape index (κ1) is 13.4. The number of hydrogen-bond donors (Lipinski definition) is 0. The summed E-state index contributed by atoms with van der Waals surface area (Å²) in [7, 11) is 0. The van der Waals surface area contributed by atoms with E-state index in [0.717, 1.165) is 6.61 Å². The summed E-state index contributed by atoms with van der Waals surface area (Å²) in [6.07, 6.45) is 8.72. The number of thioether (sulfide) groups is 1. The third kappa shape index (κ3) is 5.82. The molecule has 0 amide bonds. The summed E-state index contributed by atoms with van der Waals surface area (Å²) in [6, 6.07) is 0. The van der Waals surface area contributed by atoms with Gasteiger partial charge in [-0.2, -0.15) is 11.8 Å². The van der Waals surface area contributed by atoms with Crippen LogP contribution in [-0.4, -0.2) is 23.2 Å². The molecule has 0 N–H and O–H groups in total. The third-order valence-corrected chi connectivity index (χ3v) is 4.78. The van der Waals surface area contributed by atoms with Crippen molar-refractivity contribution >= 4 is 11.8 Å². The number of epoxide rings is 1. The molecule has 1 heterocycles. The maximum Gasteiger partial charge on any atom is 0.0900 e. The number of hydrogen-bond acceptors (Lipinski definition) is 2. The second-order valence-electron chi connectivity index (χ2n) is 4.92. The quantitative estimate of drug-likeness (QED) is 0.549. The van der Waals surface area contributed by atoms with Gasteiger partial charge in [-0.1, -0.05) is 46.5 Å². The molecule has 2 heteroatoms. The highest BCUT2D eigenvalue weighted by molar-refractivity contribution is 8.00. The van der Waals surface area contributed by atoms with E-state index < -0.39 is 0 Å². The fourth-order valence-electron chi connectivity index (χ4n) is 1.83. The molecule has 1 unspecified atom stereocenters. The van der Waals surface area contributed by atoms with Gasteiger partial charge in [0.25, 0.3) is 0 Å². The lowest BCUT2D eigenvalue weighted by Crippen LogP contribution is -2.21. The maximum atomic E-state index is 5.29. The molecular formula is C13H26OS. The summed E-state index contributed by atoms with van der Waals surface area (Å²) in [5.41, 5.74) is 0. The van der Waals surface area contributed by atoms with Crippen LogP contribution in [0.15, 0.2) is 0 Å². The molecule has 0 saturated carbocycles. The first-order valence-corrected chi connectivity index (χ1v) is 7.44. The van der Waals surface area contributed by atoms with Crippen LogP contribution < -0.4 is 0 Å². The summed E-state index contributed by atoms with van der Waals surface area (Å²) in [6.45, 7) is 8.03. The summed E-state index contributed by atoms with van der Waals surface area (Å²) < 4.78 is 5.80. The molecular weight excluding hydrogens is 204 g/mol. The molecule has 1 aliphatic rings. The Morgan fingerprint density at radius 3 is 2.13 bits per heavy atom. The average Bonchev–Trinajstić information content (AvgIpc) is 3.05. The van der Waals surface area contributed by atoms with Gasteiger partial charge in [0.15, 0.2) is 0 Å². The molecule has 0 aliphatic carbocycles. The van der Waals surface area contributed by atoms with Crippen molar-refractivity contribution in [3.05, 3.63) is 0 Å². The van der Waals surface area contributed by atoms with Crippen molar-refractivity contribution in [1.29, 1.82) is 0 Å². The fourth-order valence-corrected chi connectivity index (χ4v) is 3.19. The van der Waals surface area contributed by atoms with Crippen molar-refractivity contribution in [3.8, 4) is 0 Å². The molecule has 1 rings (SSSR count). The lowest BCUT2D eigenvalue weighted by atomic mass is 9.97. The zero-order chi connectivity index (χ0) is 11.1. The molecule has 0 bridgehead atoms. The van der Waals surface area contributed by atoms with Gasteiger partial charge < -0.3 is 4.74 Å². The van der Waals surface area contributed by atoms with Crippen molar-refractivity contribution < 1.29 is 4.74 Å². The molecule has 0 aromatic carbocycles. The Morgan fingerprint density at radius 2 is 1.73 bits per heavy atom. The first-order valence-electron chi connectivity index (χ1n) is 6.45. The van der Waals surface area contributed by atoms with Crippen LogP contribution in [0.4, 0.5) is 0 Å². The van der Waals surface area contributed by atoms with E-state index in [1.54, 1.807) is 0 Å². The Labute approximate surface area is 99.3 Å². The standard InChI is InChI=1S/C13H26OS/c1-4-6-8-13(3,9-7-5-2)15-11-12-10-14-12/h12H,4-11H2,1-3H3. The van der Waals surface area contributed by atoms with Crippen molar-refractivity contribution in [2.45, 2.75) is 70.1 Å². The van der Waals surface area contributed by atoms with E-state index in [4.69, 9.17) is 4.74 Å². The predicted molar refractivity (Wildman–Crippen MR) is 69.7 cm³/mol. The Hall–Kier alpha value is 0.310. The second kappa shape index (κ2) is 6.80. The molecule has 0 radical (unpaired) electrons. The van der Waals surface area contributed by atoms with E-state index in [0.29, 0.717) is 10.9 Å². The Bertz CT molecular complexity index is 158. The third-order valence-electron chi connectivity index (χ3n) is 3.14. The minimum atomic E-state index is 0.512. The number of unbranched alkanes of at least 4 members (excludes halogenated alkanes) is 2. The van der Waals surface area contributed by atoms with E-state index >= 15 is 0 Å². The number of ether oxygens (including phenoxy) is 1. The van der Waals surface area contributed by atoms with Crippen LogP contribution in [0, 0.1) is 0 Å². The van der Waals surface area contributed by atoms with Gasteiger partial charge in [0.1, 0.15) is 0 Å². The lowest BCUT2D eigenvalue weighted by Gasteiger charge is -2.29. The molecule has 0 aromatic rings. The monoisotopic (exact) mass is 230 g/mol. The molecule has 0 spiro atoms. The Morgan fingerprint density at radius 1 is 1.20 bits per heavy atom. The summed E-state index contributed by atoms with van der Waals surface area (Å²) in [5, 5.41) is 0. The van der Waals surface area contributed by atoms with Gasteiger partial charge in [-0.25, -0.2) is 0 Å². The highest BCUT2D eigenvalue weighted by Crippen LogP contribution is 2.37. The van der Waals surface area contributed by atoms with Crippen molar-refractivity contribution in [2.24, 2.45) is 0 Å². The minimum Gasteiger partial charge on any atom is -0.372 e. The predicted octanol–water partition coefficient (Wildman–Crippen LogP) is 4.26. The van der Waals surface area contributed by atoms with Crippen LogP contribution in [0.1, 0.15) is 59.3 Å². The molecule has 1 fully saturated rings. The minimum absolute atomic E-state index is 0.512. The van der Waals surface area contributed by atoms with Crippen LogP contribution in [0.2, 0.25) is 0 Å². The highest BCUT2D eigenvalue weighted by atomic mass is 32.2. The maximum absolute atomic E-state index is 5.29. The number of rotatable bonds is 9. The van der Waals surface area contributed by atoms with Crippen LogP contribution in [0.25, 0.3) is 0 Å². The van der Waals surface area contributed by atoms with E-state index in [9.17, 15) is 0 Å². The van der Waals surface area contributed by atoms with Gasteiger partial charge in [-0.3, -0.25) is 0 Å². The molecule has 0 aromatic heterocycles. The van der Waals surface area contributed by atoms with Crippen LogP contribution in [0.5, 0.6) is 0 Å². The smallest absolute Gasteiger partial charge is 0.0900 e. The second-order valence-corrected chi connectivity index (χ2v) is 6.53. The Balaban J connectivity index is 2.26. The van der Waals surface area contributed by atoms with Gasteiger partial charge in [0.2, 0.25) is 0 Å². The summed E-state index contributed by atoms with van der Waals surface area (Å²) in [4.78, 5) is 0. The lowest BCUT2D eigenvalue weighted by molar-refractivity contribution is 0.424. The van der Waals surface area contributed by atoms with E-state index in [2.05, 4.69) is 32.5 Å². The zero-order valence-corrected chi connectivity index (χ0v) is 11.4. The molecule has 1 atom stereocenters. The van der Waals surface area contributed by atoms with Crippen molar-refractivity contribution in [3.63, 3.8) is 0 Å². The van der Waals surface area contributed by atoms with Gasteiger partial charge in [0.05, 0.1) is 12.7 Å². The largest absolute Gasteiger partial charge is 0.372 e. The molecule has 1 nitrogen and oxygen atoms in total. The topological polar surface area (TPSA) is 12.5 Å². The fraction of sp³-hybridized carbons (Fsp3) is 1.00. The molecule has 15 heavy (non-hydrogen) atoms. The Kier molecular flexibility index (Phi) is 6.06. The van der Waals surface area contributed by atoms with Crippen LogP contribution >= 0.6 is 11.8 Å². The van der Waals surface area contributed by atoms with Gasteiger partial charge >= 0.3 is 0 Å². The van der Waals surface area contributed by atoms with E-state index in [1.165, 1.54) is 44.3 Å². The van der Waals surface area contributed by atoms with Gasteiger partial charge in [-0.15, -0.1) is 0 Å². The molecule has 1 saturated heterocycles. The average molecular weight is 230 g/mol. The van der Waals surface area contributed by atoms with Crippen molar-refractivity contribution in [2.75, 3.05) is 12.4 Å².